The normalized spacial score (nSPS) is 15.5. The van der Waals surface area contributed by atoms with Crippen LogP contribution >= 0.6 is 34.5 Å². The molecule has 0 radical (unpaired) electrons. The van der Waals surface area contributed by atoms with Gasteiger partial charge in [-0.1, -0.05) is 29.3 Å². The molecular weight excluding hydrogens is 437 g/mol. The Kier molecular flexibility index (Phi) is 7.37. The van der Waals surface area contributed by atoms with Crippen LogP contribution in [0, 0.1) is 6.92 Å². The summed E-state index contributed by atoms with van der Waals surface area (Å²) in [7, 11) is 0. The summed E-state index contributed by atoms with van der Waals surface area (Å²) in [5.41, 5.74) is 2.08. The Morgan fingerprint density at radius 2 is 1.97 bits per heavy atom. The number of ether oxygens (including phenoxy) is 1. The van der Waals surface area contributed by atoms with Crippen LogP contribution in [0.1, 0.15) is 24.3 Å². The molecule has 1 aliphatic rings. The molecule has 3 aromatic rings. The fourth-order valence-corrected chi connectivity index (χ4v) is 5.13. The summed E-state index contributed by atoms with van der Waals surface area (Å²) in [5.74, 6) is 0.914. The molecule has 7 heteroatoms. The Morgan fingerprint density at radius 3 is 2.87 bits per heavy atom. The Balaban J connectivity index is 1.19. The maximum absolute atomic E-state index is 6.41. The molecular formula is C23H27Cl2N3OS. The van der Waals surface area contributed by atoms with Gasteiger partial charge in [-0.15, -0.1) is 11.3 Å². The Labute approximate surface area is 192 Å². The van der Waals surface area contributed by atoms with E-state index in [2.05, 4.69) is 26.9 Å². The van der Waals surface area contributed by atoms with Gasteiger partial charge in [-0.3, -0.25) is 0 Å². The van der Waals surface area contributed by atoms with Gasteiger partial charge in [0.2, 0.25) is 0 Å². The summed E-state index contributed by atoms with van der Waals surface area (Å²) in [6.45, 7) is 8.04. The second-order valence-corrected chi connectivity index (χ2v) is 9.69. The number of hydrogen-bond acceptors (Lipinski definition) is 5. The molecule has 1 fully saturated rings. The number of benzene rings is 2. The smallest absolute Gasteiger partial charge is 0.121 e. The van der Waals surface area contributed by atoms with Gasteiger partial charge in [-0.05, 0) is 63.5 Å². The van der Waals surface area contributed by atoms with Crippen molar-refractivity contribution < 1.29 is 4.74 Å². The van der Waals surface area contributed by atoms with E-state index in [1.807, 2.05) is 31.2 Å². The minimum Gasteiger partial charge on any atom is -0.494 e. The number of halogens is 2. The van der Waals surface area contributed by atoms with Gasteiger partial charge in [0, 0.05) is 25.7 Å². The number of fused-ring (bicyclic) bond motifs is 1. The predicted molar refractivity (Wildman–Crippen MR) is 129 cm³/mol. The third-order valence-corrected chi connectivity index (χ3v) is 7.22. The molecule has 0 N–H and O–H groups in total. The average Bonchev–Trinajstić information content (AvgIpc) is 2.94. The third-order valence-electron chi connectivity index (χ3n) is 5.46. The number of nitrogens with zero attached hydrogens (tertiary/aromatic N) is 3. The summed E-state index contributed by atoms with van der Waals surface area (Å²) in [6, 6.07) is 12.1. The summed E-state index contributed by atoms with van der Waals surface area (Å²) in [5, 5.41) is 2.38. The maximum atomic E-state index is 6.41. The lowest BCUT2D eigenvalue weighted by Crippen LogP contribution is -2.31. The maximum Gasteiger partial charge on any atom is 0.121 e. The highest BCUT2D eigenvalue weighted by molar-refractivity contribution is 7.18. The fraction of sp³-hybridized carbons (Fsp3) is 0.435. The minimum absolute atomic E-state index is 0.624. The van der Waals surface area contributed by atoms with Crippen LogP contribution in [-0.4, -0.2) is 49.2 Å². The molecule has 1 aromatic heterocycles. The summed E-state index contributed by atoms with van der Waals surface area (Å²) >= 11 is 14.3. The first kappa shape index (κ1) is 21.7. The molecule has 0 spiro atoms. The van der Waals surface area contributed by atoms with Crippen molar-refractivity contribution in [1.29, 1.82) is 0 Å². The molecule has 0 saturated carbocycles. The van der Waals surface area contributed by atoms with Crippen molar-refractivity contribution in [2.45, 2.75) is 26.2 Å². The third kappa shape index (κ3) is 5.38. The lowest BCUT2D eigenvalue weighted by atomic mass is 10.2. The van der Waals surface area contributed by atoms with Gasteiger partial charge in [0.1, 0.15) is 5.75 Å². The predicted octanol–water partition coefficient (Wildman–Crippen LogP) is 6.28. The highest BCUT2D eigenvalue weighted by Crippen LogP contribution is 2.33. The molecule has 0 atom stereocenters. The molecule has 2 aromatic carbocycles. The van der Waals surface area contributed by atoms with Gasteiger partial charge >= 0.3 is 0 Å². The second kappa shape index (κ2) is 10.2. The second-order valence-electron chi connectivity index (χ2n) is 7.67. The number of rotatable bonds is 7. The van der Waals surface area contributed by atoms with Gasteiger partial charge in [-0.25, -0.2) is 4.98 Å². The zero-order valence-electron chi connectivity index (χ0n) is 17.2. The van der Waals surface area contributed by atoms with Gasteiger partial charge in [-0.2, -0.15) is 0 Å². The number of aromatic nitrogens is 1. The first-order chi connectivity index (χ1) is 14.6. The van der Waals surface area contributed by atoms with Crippen LogP contribution in [-0.2, 0) is 0 Å². The SMILES string of the molecule is Cc1nc2cc(OCCCCN3CCCN(c4cccc(Cl)c4Cl)CC3)ccc2s1. The van der Waals surface area contributed by atoms with Crippen molar-refractivity contribution in [3.63, 3.8) is 0 Å². The van der Waals surface area contributed by atoms with Crippen molar-refractivity contribution in [3.8, 4) is 5.75 Å². The van der Waals surface area contributed by atoms with E-state index in [9.17, 15) is 0 Å². The van der Waals surface area contributed by atoms with E-state index in [-0.39, 0.29) is 0 Å². The van der Waals surface area contributed by atoms with Crippen LogP contribution in [0.5, 0.6) is 5.75 Å². The van der Waals surface area contributed by atoms with E-state index in [1.165, 1.54) is 4.70 Å². The fourth-order valence-electron chi connectivity index (χ4n) is 3.91. The average molecular weight is 464 g/mol. The number of thiazole rings is 1. The Hall–Kier alpha value is -1.53. The van der Waals surface area contributed by atoms with E-state index >= 15 is 0 Å². The standard InChI is InChI=1S/C23H27Cl2N3OS/c1-17-26-20-16-18(8-9-22(20)30-17)29-15-3-2-10-27-11-5-12-28(14-13-27)21-7-4-6-19(24)23(21)25/h4,6-9,16H,2-3,5,10-15H2,1H3. The van der Waals surface area contributed by atoms with E-state index in [0.29, 0.717) is 10.0 Å². The molecule has 1 aliphatic heterocycles. The molecule has 2 heterocycles. The zero-order valence-corrected chi connectivity index (χ0v) is 19.6. The van der Waals surface area contributed by atoms with E-state index in [1.54, 1.807) is 11.3 Å². The van der Waals surface area contributed by atoms with Crippen molar-refractivity contribution in [1.82, 2.24) is 9.88 Å². The highest BCUT2D eigenvalue weighted by atomic mass is 35.5. The zero-order chi connectivity index (χ0) is 20.9. The number of aryl methyl sites for hydroxylation is 1. The molecule has 30 heavy (non-hydrogen) atoms. The molecule has 0 bridgehead atoms. The first-order valence-electron chi connectivity index (χ1n) is 10.5. The number of hydrogen-bond donors (Lipinski definition) is 0. The van der Waals surface area contributed by atoms with Crippen molar-refractivity contribution in [2.24, 2.45) is 0 Å². The van der Waals surface area contributed by atoms with Crippen molar-refractivity contribution in [2.75, 3.05) is 44.2 Å². The molecule has 4 nitrogen and oxygen atoms in total. The van der Waals surface area contributed by atoms with Gasteiger partial charge in [0.05, 0.1) is 37.6 Å². The molecule has 4 rings (SSSR count). The van der Waals surface area contributed by atoms with Crippen LogP contribution in [0.2, 0.25) is 10.0 Å². The topological polar surface area (TPSA) is 28.6 Å². The van der Waals surface area contributed by atoms with Crippen LogP contribution in [0.25, 0.3) is 10.2 Å². The first-order valence-corrected chi connectivity index (χ1v) is 12.1. The lowest BCUT2D eigenvalue weighted by Gasteiger charge is -2.25. The van der Waals surface area contributed by atoms with Crippen LogP contribution in [0.3, 0.4) is 0 Å². The largest absolute Gasteiger partial charge is 0.494 e. The minimum atomic E-state index is 0.624. The Bertz CT molecular complexity index is 994. The molecule has 0 amide bonds. The summed E-state index contributed by atoms with van der Waals surface area (Å²) < 4.78 is 7.16. The van der Waals surface area contributed by atoms with E-state index in [0.717, 1.165) is 80.6 Å². The summed E-state index contributed by atoms with van der Waals surface area (Å²) in [6.07, 6.45) is 3.32. The molecule has 160 valence electrons. The highest BCUT2D eigenvalue weighted by Gasteiger charge is 2.17. The van der Waals surface area contributed by atoms with Gasteiger partial charge in [0.15, 0.2) is 0 Å². The monoisotopic (exact) mass is 463 g/mol. The van der Waals surface area contributed by atoms with Gasteiger partial charge < -0.3 is 14.5 Å². The van der Waals surface area contributed by atoms with Crippen LogP contribution in [0.15, 0.2) is 36.4 Å². The Morgan fingerprint density at radius 1 is 1.07 bits per heavy atom. The number of unbranched alkanes of at least 4 members (excludes halogenated alkanes) is 1. The van der Waals surface area contributed by atoms with E-state index < -0.39 is 0 Å². The molecule has 0 aliphatic carbocycles. The van der Waals surface area contributed by atoms with Crippen LogP contribution < -0.4 is 9.64 Å². The van der Waals surface area contributed by atoms with Gasteiger partial charge in [0.25, 0.3) is 0 Å². The molecule has 0 unspecified atom stereocenters. The van der Waals surface area contributed by atoms with E-state index in [4.69, 9.17) is 27.9 Å². The molecule has 1 saturated heterocycles. The lowest BCUT2D eigenvalue weighted by molar-refractivity contribution is 0.261. The van der Waals surface area contributed by atoms with Crippen LogP contribution in [0.4, 0.5) is 5.69 Å². The summed E-state index contributed by atoms with van der Waals surface area (Å²) in [4.78, 5) is 9.44. The quantitative estimate of drug-likeness (QED) is 0.385. The number of anilines is 1. The van der Waals surface area contributed by atoms with Crippen molar-refractivity contribution in [3.05, 3.63) is 51.5 Å². The van der Waals surface area contributed by atoms with Crippen molar-refractivity contribution >= 4 is 50.4 Å².